The molecule has 1 heterocycles. The lowest BCUT2D eigenvalue weighted by Crippen LogP contribution is -2.77. The highest BCUT2D eigenvalue weighted by atomic mass is 16.6. The zero-order valence-corrected chi connectivity index (χ0v) is 15.9. The van der Waals surface area contributed by atoms with Gasteiger partial charge in [-0.2, -0.15) is 10.2 Å². The van der Waals surface area contributed by atoms with E-state index in [4.69, 9.17) is 11.2 Å². The van der Waals surface area contributed by atoms with Gasteiger partial charge in [0, 0.05) is 37.8 Å². The number of ether oxygens (including phenoxy) is 1. The molecule has 26 heavy (non-hydrogen) atoms. The van der Waals surface area contributed by atoms with Gasteiger partial charge in [0.2, 0.25) is 5.91 Å². The van der Waals surface area contributed by atoms with Gasteiger partial charge >= 0.3 is 6.09 Å². The number of carbonyl (C=O) groups excluding carboxylic acids is 2. The smallest absolute Gasteiger partial charge is 0.408 e. The van der Waals surface area contributed by atoms with E-state index in [0.29, 0.717) is 25.8 Å². The van der Waals surface area contributed by atoms with Gasteiger partial charge in [0.25, 0.3) is 0 Å². The number of terminal acetylenes is 1. The number of hydrogen-bond acceptors (Lipinski definition) is 5. The second-order valence-electron chi connectivity index (χ2n) is 9.10. The molecular formula is C19H28N4O3. The Morgan fingerprint density at radius 3 is 2.38 bits per heavy atom. The fraction of sp³-hybridized carbons (Fsp3) is 0.789. The van der Waals surface area contributed by atoms with Gasteiger partial charge in [0.1, 0.15) is 5.60 Å². The van der Waals surface area contributed by atoms with Crippen LogP contribution in [0.25, 0.3) is 0 Å². The topological polar surface area (TPSA) is 92.2 Å². The minimum Gasteiger partial charge on any atom is -0.444 e. The van der Waals surface area contributed by atoms with Gasteiger partial charge in [0.05, 0.1) is 0 Å². The summed E-state index contributed by atoms with van der Waals surface area (Å²) >= 11 is 0. The van der Waals surface area contributed by atoms with E-state index in [0.717, 1.165) is 25.7 Å². The first-order valence-corrected chi connectivity index (χ1v) is 9.25. The first-order chi connectivity index (χ1) is 12.1. The van der Waals surface area contributed by atoms with E-state index in [1.54, 1.807) is 0 Å². The van der Waals surface area contributed by atoms with Crippen molar-refractivity contribution < 1.29 is 14.3 Å². The van der Waals surface area contributed by atoms with Gasteiger partial charge in [-0.05, 0) is 45.4 Å². The molecule has 0 aromatic carbocycles. The van der Waals surface area contributed by atoms with Crippen LogP contribution in [0.3, 0.4) is 0 Å². The molecule has 4 rings (SSSR count). The van der Waals surface area contributed by atoms with Gasteiger partial charge < -0.3 is 15.4 Å². The molecule has 7 heteroatoms. The molecule has 0 unspecified atom stereocenters. The van der Waals surface area contributed by atoms with E-state index in [2.05, 4.69) is 26.8 Å². The van der Waals surface area contributed by atoms with E-state index in [9.17, 15) is 9.59 Å². The molecule has 0 radical (unpaired) electrons. The van der Waals surface area contributed by atoms with Crippen LogP contribution in [0.15, 0.2) is 10.2 Å². The Labute approximate surface area is 154 Å². The Balaban J connectivity index is 1.31. The lowest BCUT2D eigenvalue weighted by molar-refractivity contribution is -0.153. The number of rotatable bonds is 8. The van der Waals surface area contributed by atoms with Gasteiger partial charge in [0.15, 0.2) is 5.66 Å². The molecule has 2 bridgehead atoms. The standard InChI is InChI=1S/C19H28N4O3/c1-5-6-8-19(22-23-19)9-7-14(24)20-13-17-10-18(11-17,12-17)21-15(25)26-16(2,3)4/h1H,6-13H2,2-4H3,(H,20,24)(H,21,25). The van der Waals surface area contributed by atoms with Crippen LogP contribution in [0, 0.1) is 17.8 Å². The van der Waals surface area contributed by atoms with Crippen molar-refractivity contribution in [2.45, 2.75) is 82.5 Å². The number of nitrogens with zero attached hydrogens (tertiary/aromatic N) is 2. The van der Waals surface area contributed by atoms with Gasteiger partial charge in [-0.15, -0.1) is 12.3 Å². The van der Waals surface area contributed by atoms with Crippen LogP contribution < -0.4 is 10.6 Å². The maximum absolute atomic E-state index is 12.1. The fourth-order valence-electron chi connectivity index (χ4n) is 4.19. The monoisotopic (exact) mass is 360 g/mol. The lowest BCUT2D eigenvalue weighted by Gasteiger charge is -2.70. The second-order valence-corrected chi connectivity index (χ2v) is 9.10. The highest BCUT2D eigenvalue weighted by Crippen LogP contribution is 2.66. The maximum Gasteiger partial charge on any atom is 0.408 e. The highest BCUT2D eigenvalue weighted by molar-refractivity contribution is 5.76. The average molecular weight is 360 g/mol. The Hall–Kier alpha value is -2.10. The summed E-state index contributed by atoms with van der Waals surface area (Å²) in [6.07, 6.45) is 9.99. The summed E-state index contributed by atoms with van der Waals surface area (Å²) < 4.78 is 5.31. The highest BCUT2D eigenvalue weighted by Gasteiger charge is 2.68. The molecule has 2 N–H and O–H groups in total. The molecule has 0 saturated heterocycles. The van der Waals surface area contributed by atoms with Gasteiger partial charge in [-0.25, -0.2) is 4.79 Å². The molecule has 0 atom stereocenters. The Kier molecular flexibility index (Phi) is 4.50. The van der Waals surface area contributed by atoms with Crippen LogP contribution in [0.4, 0.5) is 4.79 Å². The summed E-state index contributed by atoms with van der Waals surface area (Å²) in [6.45, 7) is 6.22. The third-order valence-corrected chi connectivity index (χ3v) is 5.37. The van der Waals surface area contributed by atoms with E-state index >= 15 is 0 Å². The van der Waals surface area contributed by atoms with Crippen LogP contribution in [0.5, 0.6) is 0 Å². The largest absolute Gasteiger partial charge is 0.444 e. The number of amides is 2. The van der Waals surface area contributed by atoms with Crippen LogP contribution >= 0.6 is 0 Å². The van der Waals surface area contributed by atoms with Crippen molar-refractivity contribution in [2.24, 2.45) is 15.6 Å². The molecule has 3 fully saturated rings. The summed E-state index contributed by atoms with van der Waals surface area (Å²) in [6, 6.07) is 0. The third-order valence-electron chi connectivity index (χ3n) is 5.37. The van der Waals surface area contributed by atoms with Crippen molar-refractivity contribution in [2.75, 3.05) is 6.54 Å². The zero-order chi connectivity index (χ0) is 19.1. The van der Waals surface area contributed by atoms with Crippen molar-refractivity contribution in [1.82, 2.24) is 10.6 Å². The van der Waals surface area contributed by atoms with Crippen molar-refractivity contribution in [3.05, 3.63) is 0 Å². The number of alkyl carbamates (subject to hydrolysis) is 1. The maximum atomic E-state index is 12.1. The number of carbonyl (C=O) groups is 2. The van der Waals surface area contributed by atoms with Gasteiger partial charge in [-0.3, -0.25) is 4.79 Å². The fourth-order valence-corrected chi connectivity index (χ4v) is 4.19. The SMILES string of the molecule is C#CCCC1(CCC(=O)NCC23CC(NC(=O)OC(C)(C)C)(C2)C3)N=N1. The number of nitrogens with one attached hydrogen (secondary N) is 2. The Morgan fingerprint density at radius 1 is 1.19 bits per heavy atom. The predicted molar refractivity (Wildman–Crippen MR) is 96.3 cm³/mol. The average Bonchev–Trinajstić information content (AvgIpc) is 3.23. The molecular weight excluding hydrogens is 332 g/mol. The summed E-state index contributed by atoms with van der Waals surface area (Å²) in [4.78, 5) is 24.0. The third kappa shape index (κ3) is 4.17. The normalized spacial score (nSPS) is 29.6. The van der Waals surface area contributed by atoms with E-state index in [1.165, 1.54) is 0 Å². The molecule has 2 amide bonds. The quantitative estimate of drug-likeness (QED) is 0.652. The van der Waals surface area contributed by atoms with Crippen LogP contribution in [0.1, 0.15) is 65.7 Å². The molecule has 0 spiro atoms. The summed E-state index contributed by atoms with van der Waals surface area (Å²) in [5.74, 6) is 2.62. The van der Waals surface area contributed by atoms with E-state index < -0.39 is 11.3 Å². The van der Waals surface area contributed by atoms with Crippen LogP contribution in [-0.4, -0.2) is 35.3 Å². The summed E-state index contributed by atoms with van der Waals surface area (Å²) in [5.41, 5.74) is -0.878. The van der Waals surface area contributed by atoms with Gasteiger partial charge in [-0.1, -0.05) is 0 Å². The lowest BCUT2D eigenvalue weighted by atomic mass is 9.39. The first-order valence-electron chi connectivity index (χ1n) is 9.25. The molecule has 142 valence electrons. The Bertz CT molecular complexity index is 645. The predicted octanol–water partition coefficient (Wildman–Crippen LogP) is 2.91. The second kappa shape index (κ2) is 6.26. The first kappa shape index (κ1) is 18.7. The van der Waals surface area contributed by atoms with E-state index in [1.807, 2.05) is 20.8 Å². The van der Waals surface area contributed by atoms with Crippen molar-refractivity contribution in [1.29, 1.82) is 0 Å². The van der Waals surface area contributed by atoms with Crippen LogP contribution in [0.2, 0.25) is 0 Å². The zero-order valence-electron chi connectivity index (χ0n) is 15.9. The molecule has 0 aromatic heterocycles. The minimum atomic E-state index is -0.489. The summed E-state index contributed by atoms with van der Waals surface area (Å²) in [7, 11) is 0. The molecule has 0 aromatic rings. The molecule has 3 aliphatic carbocycles. The Morgan fingerprint density at radius 2 is 1.85 bits per heavy atom. The van der Waals surface area contributed by atoms with E-state index in [-0.39, 0.29) is 23.0 Å². The van der Waals surface area contributed by atoms with Crippen LogP contribution in [-0.2, 0) is 9.53 Å². The molecule has 4 aliphatic rings. The van der Waals surface area contributed by atoms with Crippen molar-refractivity contribution in [3.63, 3.8) is 0 Å². The summed E-state index contributed by atoms with van der Waals surface area (Å²) in [5, 5.41) is 14.1. The molecule has 7 nitrogen and oxygen atoms in total. The minimum absolute atomic E-state index is 0.0289. The van der Waals surface area contributed by atoms with Crippen molar-refractivity contribution >= 4 is 12.0 Å². The van der Waals surface area contributed by atoms with Crippen molar-refractivity contribution in [3.8, 4) is 12.3 Å². The number of hydrogen-bond donors (Lipinski definition) is 2. The molecule has 1 aliphatic heterocycles. The molecule has 3 saturated carbocycles.